The Morgan fingerprint density at radius 3 is 2.60 bits per heavy atom. The molecule has 0 radical (unpaired) electrons. The molecule has 4 fully saturated rings. The molecule has 6 nitrogen and oxygen atoms in total. The number of hydrogen-bond donors (Lipinski definition) is 1. The lowest BCUT2D eigenvalue weighted by Gasteiger charge is -2.35. The van der Waals surface area contributed by atoms with E-state index < -0.39 is 0 Å². The van der Waals surface area contributed by atoms with E-state index in [1.165, 1.54) is 51.7 Å². The number of hydrogen-bond acceptors (Lipinski definition) is 6. The molecule has 0 amide bonds. The van der Waals surface area contributed by atoms with Crippen LogP contribution in [0.3, 0.4) is 0 Å². The highest BCUT2D eigenvalue weighted by Gasteiger charge is 2.54. The fourth-order valence-electron chi connectivity index (χ4n) is 6.56. The van der Waals surface area contributed by atoms with Crippen molar-refractivity contribution >= 4 is 11.6 Å². The summed E-state index contributed by atoms with van der Waals surface area (Å²) in [6.07, 6.45) is 12.0. The van der Waals surface area contributed by atoms with Gasteiger partial charge >= 0.3 is 0 Å². The maximum atomic E-state index is 5.41. The minimum atomic E-state index is 0.610. The number of likely N-dealkylation sites (tertiary alicyclic amines) is 1. The number of ether oxygens (including phenoxy) is 1. The van der Waals surface area contributed by atoms with Gasteiger partial charge in [0.1, 0.15) is 5.82 Å². The molecule has 3 heterocycles. The van der Waals surface area contributed by atoms with Crippen LogP contribution in [0.5, 0.6) is 0 Å². The second-order valence-electron chi connectivity index (χ2n) is 10.4. The monoisotopic (exact) mass is 409 g/mol. The average molecular weight is 410 g/mol. The van der Waals surface area contributed by atoms with Crippen LogP contribution >= 0.6 is 0 Å². The molecular weight excluding hydrogens is 374 g/mol. The SMILES string of the molecule is C1=CC2CC1CC2CN1CCC2(CC1)CC2CNc1ccc(N2CCOCC2)nn1. The van der Waals surface area contributed by atoms with Gasteiger partial charge < -0.3 is 19.9 Å². The molecule has 30 heavy (non-hydrogen) atoms. The summed E-state index contributed by atoms with van der Waals surface area (Å²) in [4.78, 5) is 5.01. The first-order valence-corrected chi connectivity index (χ1v) is 12.1. The highest BCUT2D eigenvalue weighted by atomic mass is 16.5. The quantitative estimate of drug-likeness (QED) is 0.729. The predicted octanol–water partition coefficient (Wildman–Crippen LogP) is 3.04. The molecule has 4 atom stereocenters. The third-order valence-corrected chi connectivity index (χ3v) is 8.63. The zero-order valence-corrected chi connectivity index (χ0v) is 18.0. The van der Waals surface area contributed by atoms with Gasteiger partial charge in [-0.3, -0.25) is 0 Å². The number of aromatic nitrogens is 2. The molecule has 1 aromatic rings. The summed E-state index contributed by atoms with van der Waals surface area (Å²) in [5, 5.41) is 12.4. The van der Waals surface area contributed by atoms with Gasteiger partial charge in [0.2, 0.25) is 0 Å². The van der Waals surface area contributed by atoms with Crippen molar-refractivity contribution < 1.29 is 4.74 Å². The number of morpholine rings is 1. The summed E-state index contributed by atoms with van der Waals surface area (Å²) in [6, 6.07) is 4.17. The predicted molar refractivity (Wildman–Crippen MR) is 119 cm³/mol. The number of piperidine rings is 1. The summed E-state index contributed by atoms with van der Waals surface area (Å²) in [6.45, 7) is 8.37. The van der Waals surface area contributed by atoms with Crippen molar-refractivity contribution in [3.63, 3.8) is 0 Å². The van der Waals surface area contributed by atoms with Gasteiger partial charge in [0, 0.05) is 26.2 Å². The number of allylic oxidation sites excluding steroid dienone is 2. The van der Waals surface area contributed by atoms with Crippen LogP contribution in [0.15, 0.2) is 24.3 Å². The minimum Gasteiger partial charge on any atom is -0.378 e. The topological polar surface area (TPSA) is 53.5 Å². The minimum absolute atomic E-state index is 0.610. The molecule has 1 aromatic heterocycles. The summed E-state index contributed by atoms with van der Waals surface area (Å²) in [7, 11) is 0. The Morgan fingerprint density at radius 1 is 1.03 bits per heavy atom. The zero-order valence-electron chi connectivity index (χ0n) is 18.0. The van der Waals surface area contributed by atoms with Crippen LogP contribution < -0.4 is 10.2 Å². The first-order valence-electron chi connectivity index (χ1n) is 12.1. The highest BCUT2D eigenvalue weighted by molar-refractivity contribution is 5.43. The molecule has 2 saturated carbocycles. The molecule has 3 aliphatic carbocycles. The molecule has 2 saturated heterocycles. The molecule has 162 valence electrons. The van der Waals surface area contributed by atoms with E-state index in [4.69, 9.17) is 4.74 Å². The maximum absolute atomic E-state index is 5.41. The number of rotatable bonds is 6. The maximum Gasteiger partial charge on any atom is 0.151 e. The molecule has 4 unspecified atom stereocenters. The van der Waals surface area contributed by atoms with Gasteiger partial charge in [-0.1, -0.05) is 12.2 Å². The van der Waals surface area contributed by atoms with Crippen molar-refractivity contribution in [1.29, 1.82) is 0 Å². The van der Waals surface area contributed by atoms with Crippen molar-refractivity contribution in [2.75, 3.05) is 62.7 Å². The smallest absolute Gasteiger partial charge is 0.151 e. The van der Waals surface area contributed by atoms with Crippen molar-refractivity contribution in [3.8, 4) is 0 Å². The normalized spacial score (nSPS) is 34.6. The Balaban J connectivity index is 0.947. The summed E-state index contributed by atoms with van der Waals surface area (Å²) in [5.41, 5.74) is 0.610. The lowest BCUT2D eigenvalue weighted by molar-refractivity contribution is 0.122. The zero-order chi connectivity index (χ0) is 20.0. The lowest BCUT2D eigenvalue weighted by Crippen LogP contribution is -2.39. The van der Waals surface area contributed by atoms with Gasteiger partial charge in [0.05, 0.1) is 13.2 Å². The fourth-order valence-corrected chi connectivity index (χ4v) is 6.56. The van der Waals surface area contributed by atoms with Crippen molar-refractivity contribution in [1.82, 2.24) is 15.1 Å². The third-order valence-electron chi connectivity index (χ3n) is 8.63. The number of nitrogens with zero attached hydrogens (tertiary/aromatic N) is 4. The molecule has 6 rings (SSSR count). The standard InChI is InChI=1S/C24H35N5O/c1-2-19-13-18(1)14-20(19)17-28-7-5-24(6-8-28)15-21(24)16-25-22-3-4-23(27-26-22)29-9-11-30-12-10-29/h1-4,18-21H,5-17H2,(H,25,26). The van der Waals surface area contributed by atoms with E-state index in [0.717, 1.165) is 68.2 Å². The van der Waals surface area contributed by atoms with Gasteiger partial charge in [-0.15, -0.1) is 10.2 Å². The number of nitrogens with one attached hydrogen (secondary N) is 1. The van der Waals surface area contributed by atoms with Crippen molar-refractivity contribution in [2.24, 2.45) is 29.1 Å². The Labute approximate surface area is 180 Å². The Bertz CT molecular complexity index is 766. The first-order chi connectivity index (χ1) is 14.8. The molecule has 5 aliphatic rings. The van der Waals surface area contributed by atoms with Crippen LogP contribution in [0, 0.1) is 29.1 Å². The van der Waals surface area contributed by atoms with Gasteiger partial charge in [-0.25, -0.2) is 0 Å². The molecule has 2 bridgehead atoms. The number of anilines is 2. The Hall–Kier alpha value is -1.66. The Morgan fingerprint density at radius 2 is 1.90 bits per heavy atom. The molecule has 0 aromatic carbocycles. The van der Waals surface area contributed by atoms with Crippen LogP contribution in [-0.4, -0.2) is 67.6 Å². The van der Waals surface area contributed by atoms with Crippen LogP contribution in [0.25, 0.3) is 0 Å². The molecule has 1 N–H and O–H groups in total. The van der Waals surface area contributed by atoms with Crippen LogP contribution in [0.4, 0.5) is 11.6 Å². The largest absolute Gasteiger partial charge is 0.378 e. The lowest BCUT2D eigenvalue weighted by atomic mass is 9.88. The van der Waals surface area contributed by atoms with Crippen molar-refractivity contribution in [2.45, 2.75) is 32.1 Å². The van der Waals surface area contributed by atoms with Crippen molar-refractivity contribution in [3.05, 3.63) is 24.3 Å². The highest BCUT2D eigenvalue weighted by Crippen LogP contribution is 2.59. The van der Waals surface area contributed by atoms with E-state index in [-0.39, 0.29) is 0 Å². The third kappa shape index (κ3) is 3.73. The molecule has 2 aliphatic heterocycles. The van der Waals surface area contributed by atoms with E-state index in [9.17, 15) is 0 Å². The van der Waals surface area contributed by atoms with E-state index in [2.05, 4.69) is 49.6 Å². The van der Waals surface area contributed by atoms with E-state index in [1.807, 2.05) is 0 Å². The molecular formula is C24H35N5O. The van der Waals surface area contributed by atoms with E-state index in [0.29, 0.717) is 5.41 Å². The van der Waals surface area contributed by atoms with E-state index >= 15 is 0 Å². The second-order valence-corrected chi connectivity index (χ2v) is 10.4. The first kappa shape index (κ1) is 19.1. The summed E-state index contributed by atoms with van der Waals surface area (Å²) >= 11 is 0. The summed E-state index contributed by atoms with van der Waals surface area (Å²) in [5.74, 6) is 5.41. The molecule has 6 heteroatoms. The molecule has 1 spiro atoms. The van der Waals surface area contributed by atoms with Gasteiger partial charge in [0.15, 0.2) is 5.82 Å². The van der Waals surface area contributed by atoms with Crippen LogP contribution in [-0.2, 0) is 4.74 Å². The average Bonchev–Trinajstić information content (AvgIpc) is 3.10. The Kier molecular flexibility index (Phi) is 4.95. The fraction of sp³-hybridized carbons (Fsp3) is 0.750. The summed E-state index contributed by atoms with van der Waals surface area (Å²) < 4.78 is 5.41. The van der Waals surface area contributed by atoms with Gasteiger partial charge in [-0.05, 0) is 86.4 Å². The second kappa shape index (κ2) is 7.79. The van der Waals surface area contributed by atoms with Crippen LogP contribution in [0.1, 0.15) is 32.1 Å². The van der Waals surface area contributed by atoms with Crippen LogP contribution in [0.2, 0.25) is 0 Å². The van der Waals surface area contributed by atoms with Gasteiger partial charge in [-0.2, -0.15) is 0 Å². The van der Waals surface area contributed by atoms with Gasteiger partial charge in [0.25, 0.3) is 0 Å². The number of fused-ring (bicyclic) bond motifs is 2. The van der Waals surface area contributed by atoms with E-state index in [1.54, 1.807) is 0 Å².